The summed E-state index contributed by atoms with van der Waals surface area (Å²) in [6, 6.07) is 13.8. The molecule has 4 heterocycles. The Hall–Kier alpha value is -5.78. The molecule has 1 saturated heterocycles. The molecule has 5 aromatic rings. The van der Waals surface area contributed by atoms with Crippen LogP contribution >= 0.6 is 22.7 Å². The fraction of sp³-hybridized carbons (Fsp3) is 0.527. The third kappa shape index (κ3) is 14.9. The number of pyridine rings is 1. The number of thiazole rings is 2. The number of benzene rings is 2. The Morgan fingerprint density at radius 2 is 1.46 bits per heavy atom. The summed E-state index contributed by atoms with van der Waals surface area (Å²) in [5.74, 6) is -0.977. The number of rotatable bonds is 21. The number of β-amino-alcohol motifs (C(OH)–C–C–N with tert-alkyl or cyclic N) is 1. The van der Waals surface area contributed by atoms with Crippen LogP contribution in [0.3, 0.4) is 0 Å². The van der Waals surface area contributed by atoms with Gasteiger partial charge < -0.3 is 30.7 Å². The van der Waals surface area contributed by atoms with E-state index in [0.717, 1.165) is 114 Å². The summed E-state index contributed by atoms with van der Waals surface area (Å²) in [5.41, 5.74) is 8.02. The first kappa shape index (κ1) is 54.0. The Kier molecular flexibility index (Phi) is 18.9. The minimum atomic E-state index is -0.867. The molecule has 15 nitrogen and oxygen atoms in total. The second kappa shape index (κ2) is 25.2. The first-order valence-electron chi connectivity index (χ1n) is 25.8. The highest BCUT2D eigenvalue weighted by molar-refractivity contribution is 7.22. The Morgan fingerprint density at radius 3 is 2.12 bits per heavy atom. The number of hydrogen-bond donors (Lipinski definition) is 5. The van der Waals surface area contributed by atoms with Gasteiger partial charge in [0.25, 0.3) is 0 Å². The number of amides is 5. The maximum atomic E-state index is 14.1. The lowest BCUT2D eigenvalue weighted by atomic mass is 9.85. The Labute approximate surface area is 431 Å². The number of likely N-dealkylation sites (tertiary alicyclic amines) is 1. The van der Waals surface area contributed by atoms with Gasteiger partial charge in [-0.3, -0.25) is 29.5 Å². The number of anilines is 2. The highest BCUT2D eigenvalue weighted by Gasteiger charge is 2.44. The molecule has 3 aromatic heterocycles. The number of nitrogens with zero attached hydrogens (tertiary/aromatic N) is 4. The van der Waals surface area contributed by atoms with Crippen molar-refractivity contribution in [2.45, 2.75) is 175 Å². The van der Waals surface area contributed by atoms with Crippen molar-refractivity contribution in [2.75, 3.05) is 17.2 Å². The number of carbonyl (C=O) groups is 5. The number of nitrogens with one attached hydrogen (secondary N) is 4. The number of unbranched alkanes of at least 4 members (excludes halogenated alkanes) is 7. The number of fused-ring (bicyclic) bond motifs is 1. The lowest BCUT2D eigenvalue weighted by Crippen LogP contribution is -2.57. The average molecular weight is 1020 g/mol. The molecule has 0 spiro atoms. The van der Waals surface area contributed by atoms with Crippen LogP contribution in [0.25, 0.3) is 31.8 Å². The number of aryl methyl sites for hydroxylation is 2. The van der Waals surface area contributed by atoms with E-state index in [1.54, 1.807) is 17.5 Å². The van der Waals surface area contributed by atoms with Crippen molar-refractivity contribution in [3.05, 3.63) is 77.2 Å². The van der Waals surface area contributed by atoms with E-state index in [2.05, 4.69) is 36.2 Å². The summed E-state index contributed by atoms with van der Waals surface area (Å²) < 4.78 is 6.59. The summed E-state index contributed by atoms with van der Waals surface area (Å²) in [7, 11) is 0. The van der Waals surface area contributed by atoms with Crippen LogP contribution in [0.1, 0.15) is 153 Å². The number of carbonyl (C=O) groups excluding carboxylic acids is 5. The molecule has 4 atom stereocenters. The zero-order chi connectivity index (χ0) is 51.4. The molecule has 2 aliphatic rings. The van der Waals surface area contributed by atoms with Crippen molar-refractivity contribution in [1.82, 2.24) is 30.5 Å². The SMILES string of the molecule is Cc1ncc(-c2ccc3nc(NC(=O)CCCCCCCCCCC(=O)N[C@H](C(=O)N4C[C@H](O)C[C@H]4C(=O)N[C@@H](C)c4ccc(-c5scnc5C)cc4)C(C)(C)C)sc3c2)cc1NC(=O)OC1CCCCC1. The molecule has 1 aliphatic heterocycles. The van der Waals surface area contributed by atoms with Crippen molar-refractivity contribution in [3.8, 4) is 21.6 Å². The first-order valence-corrected chi connectivity index (χ1v) is 27.5. The maximum Gasteiger partial charge on any atom is 0.411 e. The lowest BCUT2D eigenvalue weighted by molar-refractivity contribution is -0.144. The molecular formula is C55H72N8O7S2. The summed E-state index contributed by atoms with van der Waals surface area (Å²) in [6.07, 6.45) is 13.8. The smallest absolute Gasteiger partial charge is 0.411 e. The maximum absolute atomic E-state index is 14.1. The van der Waals surface area contributed by atoms with Gasteiger partial charge in [0.2, 0.25) is 23.6 Å². The normalized spacial score (nSPS) is 17.1. The van der Waals surface area contributed by atoms with Gasteiger partial charge in [-0.2, -0.15) is 0 Å². The molecule has 7 rings (SSSR count). The molecule has 0 bridgehead atoms. The van der Waals surface area contributed by atoms with Gasteiger partial charge in [-0.25, -0.2) is 14.8 Å². The average Bonchev–Trinajstić information content (AvgIpc) is 4.09. The molecule has 0 radical (unpaired) electrons. The molecule has 5 amide bonds. The third-order valence-electron chi connectivity index (χ3n) is 13.7. The van der Waals surface area contributed by atoms with Crippen LogP contribution < -0.4 is 21.3 Å². The predicted molar refractivity (Wildman–Crippen MR) is 286 cm³/mol. The highest BCUT2D eigenvalue weighted by Crippen LogP contribution is 2.33. The monoisotopic (exact) mass is 1020 g/mol. The van der Waals surface area contributed by atoms with E-state index in [1.807, 2.05) is 95.6 Å². The van der Waals surface area contributed by atoms with E-state index < -0.39 is 29.7 Å². The number of aliphatic hydroxyl groups excluding tert-OH is 1. The van der Waals surface area contributed by atoms with Gasteiger partial charge in [0, 0.05) is 37.6 Å². The quantitative estimate of drug-likeness (QED) is 0.0440. The second-order valence-corrected chi connectivity index (χ2v) is 22.5. The lowest BCUT2D eigenvalue weighted by Gasteiger charge is -2.35. The van der Waals surface area contributed by atoms with Crippen LogP contribution in [-0.4, -0.2) is 85.5 Å². The van der Waals surface area contributed by atoms with Gasteiger partial charge >= 0.3 is 6.09 Å². The molecule has 2 fully saturated rings. The molecule has 1 aliphatic carbocycles. The van der Waals surface area contributed by atoms with E-state index in [-0.39, 0.29) is 48.7 Å². The highest BCUT2D eigenvalue weighted by atomic mass is 32.1. The first-order chi connectivity index (χ1) is 34.5. The molecule has 72 heavy (non-hydrogen) atoms. The minimum absolute atomic E-state index is 0.0208. The van der Waals surface area contributed by atoms with E-state index in [9.17, 15) is 29.1 Å². The number of ether oxygens (including phenoxy) is 1. The van der Waals surface area contributed by atoms with E-state index in [4.69, 9.17) is 4.74 Å². The van der Waals surface area contributed by atoms with Crippen LogP contribution in [-0.2, 0) is 23.9 Å². The van der Waals surface area contributed by atoms with Gasteiger partial charge in [0.1, 0.15) is 18.2 Å². The van der Waals surface area contributed by atoms with Crippen LogP contribution in [0.4, 0.5) is 15.6 Å². The van der Waals surface area contributed by atoms with E-state index >= 15 is 0 Å². The van der Waals surface area contributed by atoms with Crippen molar-refractivity contribution >= 4 is 73.4 Å². The molecule has 386 valence electrons. The zero-order valence-electron chi connectivity index (χ0n) is 42.7. The van der Waals surface area contributed by atoms with Crippen molar-refractivity contribution in [1.29, 1.82) is 0 Å². The van der Waals surface area contributed by atoms with Gasteiger partial charge in [-0.1, -0.05) is 107 Å². The van der Waals surface area contributed by atoms with Gasteiger partial charge in [0.15, 0.2) is 5.13 Å². The Balaban J connectivity index is 0.772. The Morgan fingerprint density at radius 1 is 0.792 bits per heavy atom. The topological polar surface area (TPSA) is 205 Å². The minimum Gasteiger partial charge on any atom is -0.446 e. The number of aromatic nitrogens is 3. The second-order valence-electron chi connectivity index (χ2n) is 20.6. The standard InChI is InChI=1S/C55H72N8O7S2/c1-34(37-22-24-38(25-23-37)49-36(3)57-33-71-49)58-51(67)45-30-41(64)32-63(45)52(68)50(55(4,5)6)61-47(65)20-16-11-9-7-8-10-12-17-21-48(66)62-53-59-43-27-26-39(29-46(43)72-53)40-28-44(35(2)56-31-40)60-54(69)70-42-18-14-13-15-19-42/h22-29,31,33-34,41-42,45,50,64H,7-21,30,32H2,1-6H3,(H,58,67)(H,60,69)(H,61,65)(H,59,62,66)/t34-,41+,45-,50+/m0/s1. The van der Waals surface area contributed by atoms with Crippen molar-refractivity contribution in [2.24, 2.45) is 5.41 Å². The summed E-state index contributed by atoms with van der Waals surface area (Å²) >= 11 is 3.01. The predicted octanol–water partition coefficient (Wildman–Crippen LogP) is 11.2. The number of hydrogen-bond acceptors (Lipinski definition) is 12. The summed E-state index contributed by atoms with van der Waals surface area (Å²) in [4.78, 5) is 82.5. The fourth-order valence-corrected chi connectivity index (χ4v) is 11.2. The fourth-order valence-electron chi connectivity index (χ4n) is 9.51. The van der Waals surface area contributed by atoms with E-state index in [1.165, 1.54) is 22.7 Å². The van der Waals surface area contributed by atoms with E-state index in [0.29, 0.717) is 35.8 Å². The third-order valence-corrected chi connectivity index (χ3v) is 15.6. The van der Waals surface area contributed by atoms with Gasteiger partial charge in [-0.15, -0.1) is 11.3 Å². The largest absolute Gasteiger partial charge is 0.446 e. The molecule has 5 N–H and O–H groups in total. The summed E-state index contributed by atoms with van der Waals surface area (Å²) in [5, 5.41) is 23.1. The molecule has 17 heteroatoms. The molecule has 2 aromatic carbocycles. The van der Waals surface area contributed by atoms with Gasteiger partial charge in [-0.05, 0) is 99.6 Å². The number of aliphatic hydroxyl groups is 1. The Bertz CT molecular complexity index is 2660. The van der Waals surface area contributed by atoms with Gasteiger partial charge in [0.05, 0.1) is 49.8 Å². The van der Waals surface area contributed by atoms with Crippen molar-refractivity contribution in [3.63, 3.8) is 0 Å². The molecule has 1 saturated carbocycles. The molecule has 0 unspecified atom stereocenters. The van der Waals surface area contributed by atoms with Crippen molar-refractivity contribution < 1.29 is 33.8 Å². The zero-order valence-corrected chi connectivity index (χ0v) is 44.3. The van der Waals surface area contributed by atoms with Crippen LogP contribution in [0, 0.1) is 19.3 Å². The summed E-state index contributed by atoms with van der Waals surface area (Å²) in [6.45, 7) is 11.4. The van der Waals surface area contributed by atoms with Crippen LogP contribution in [0.5, 0.6) is 0 Å². The molecular weight excluding hydrogens is 949 g/mol. The van der Waals surface area contributed by atoms with Crippen LogP contribution in [0.15, 0.2) is 60.2 Å². The van der Waals surface area contributed by atoms with Crippen LogP contribution in [0.2, 0.25) is 0 Å².